The number of methoxy groups -OCH3 is 1. The summed E-state index contributed by atoms with van der Waals surface area (Å²) in [5.74, 6) is -0.914. The molecular formula is C11H20N2O4. The number of amides is 2. The molecule has 0 aromatic heterocycles. The zero-order chi connectivity index (χ0) is 13.4. The van der Waals surface area contributed by atoms with Gasteiger partial charge in [-0.2, -0.15) is 0 Å². The Morgan fingerprint density at radius 1 is 1.24 bits per heavy atom. The van der Waals surface area contributed by atoms with Gasteiger partial charge in [-0.3, -0.25) is 14.4 Å². The summed E-state index contributed by atoms with van der Waals surface area (Å²) < 4.78 is 4.40. The highest BCUT2D eigenvalue weighted by atomic mass is 16.5. The van der Waals surface area contributed by atoms with Crippen LogP contribution < -0.4 is 10.6 Å². The van der Waals surface area contributed by atoms with E-state index in [1.807, 2.05) is 13.8 Å². The van der Waals surface area contributed by atoms with E-state index in [-0.39, 0.29) is 24.3 Å². The normalized spacial score (nSPS) is 11.8. The second kappa shape index (κ2) is 7.65. The van der Waals surface area contributed by atoms with Crippen molar-refractivity contribution in [2.24, 2.45) is 5.92 Å². The van der Waals surface area contributed by atoms with Crippen molar-refractivity contribution in [3.63, 3.8) is 0 Å². The average Bonchev–Trinajstić information content (AvgIpc) is 2.23. The number of ether oxygens (including phenoxy) is 1. The monoisotopic (exact) mass is 244 g/mol. The van der Waals surface area contributed by atoms with Gasteiger partial charge in [-0.15, -0.1) is 0 Å². The second-order valence-electron chi connectivity index (χ2n) is 4.18. The zero-order valence-corrected chi connectivity index (χ0v) is 10.7. The van der Waals surface area contributed by atoms with E-state index in [9.17, 15) is 14.4 Å². The fourth-order valence-corrected chi connectivity index (χ4v) is 1.30. The van der Waals surface area contributed by atoms with Crippen LogP contribution in [0.15, 0.2) is 0 Å². The molecule has 6 nitrogen and oxygen atoms in total. The number of carbonyl (C=O) groups excluding carboxylic acids is 3. The Morgan fingerprint density at radius 2 is 1.82 bits per heavy atom. The maximum atomic E-state index is 11.7. The lowest BCUT2D eigenvalue weighted by atomic mass is 10.0. The van der Waals surface area contributed by atoms with Gasteiger partial charge in [-0.1, -0.05) is 13.8 Å². The summed E-state index contributed by atoms with van der Waals surface area (Å²) in [5, 5.41) is 4.97. The van der Waals surface area contributed by atoms with Crippen molar-refractivity contribution in [3.8, 4) is 0 Å². The number of carbonyl (C=O) groups is 3. The fourth-order valence-electron chi connectivity index (χ4n) is 1.30. The Kier molecular flexibility index (Phi) is 6.93. The van der Waals surface area contributed by atoms with E-state index >= 15 is 0 Å². The summed E-state index contributed by atoms with van der Waals surface area (Å²) >= 11 is 0. The Morgan fingerprint density at radius 3 is 2.24 bits per heavy atom. The van der Waals surface area contributed by atoms with Crippen molar-refractivity contribution in [2.45, 2.75) is 33.2 Å². The first kappa shape index (κ1) is 15.4. The van der Waals surface area contributed by atoms with Crippen LogP contribution in [-0.2, 0) is 19.1 Å². The zero-order valence-electron chi connectivity index (χ0n) is 10.7. The number of esters is 1. The molecule has 0 rings (SSSR count). The van der Waals surface area contributed by atoms with Crippen LogP contribution in [0.25, 0.3) is 0 Å². The van der Waals surface area contributed by atoms with Gasteiger partial charge in [0.25, 0.3) is 0 Å². The molecule has 6 heteroatoms. The van der Waals surface area contributed by atoms with Crippen LogP contribution >= 0.6 is 0 Å². The van der Waals surface area contributed by atoms with Crippen LogP contribution in [-0.4, -0.2) is 37.5 Å². The molecule has 0 aromatic carbocycles. The molecule has 0 aromatic rings. The molecule has 0 aliphatic carbocycles. The van der Waals surface area contributed by atoms with E-state index in [1.54, 1.807) is 0 Å². The van der Waals surface area contributed by atoms with E-state index in [0.29, 0.717) is 6.42 Å². The summed E-state index contributed by atoms with van der Waals surface area (Å²) in [6.07, 6.45) is 0.520. The van der Waals surface area contributed by atoms with Crippen LogP contribution in [0, 0.1) is 5.92 Å². The standard InChI is InChI=1S/C11H20N2O4/c1-7(2)5-9(13-8(3)14)11(16)12-6-10(15)17-4/h7,9H,5-6H2,1-4H3,(H,12,16)(H,13,14). The van der Waals surface area contributed by atoms with Crippen LogP contribution in [0.4, 0.5) is 0 Å². The van der Waals surface area contributed by atoms with Crippen molar-refractivity contribution in [3.05, 3.63) is 0 Å². The molecule has 1 unspecified atom stereocenters. The first-order valence-corrected chi connectivity index (χ1v) is 5.48. The molecule has 0 heterocycles. The molecule has 0 radical (unpaired) electrons. The molecule has 0 aliphatic rings. The topological polar surface area (TPSA) is 84.5 Å². The van der Waals surface area contributed by atoms with Crippen molar-refractivity contribution in [1.82, 2.24) is 10.6 Å². The summed E-state index contributed by atoms with van der Waals surface area (Å²) in [4.78, 5) is 33.5. The van der Waals surface area contributed by atoms with E-state index in [1.165, 1.54) is 14.0 Å². The molecule has 2 amide bonds. The van der Waals surface area contributed by atoms with E-state index in [0.717, 1.165) is 0 Å². The number of hydrogen-bond donors (Lipinski definition) is 2. The SMILES string of the molecule is COC(=O)CNC(=O)C(CC(C)C)NC(C)=O. The van der Waals surface area contributed by atoms with Gasteiger partial charge in [-0.05, 0) is 12.3 Å². The smallest absolute Gasteiger partial charge is 0.325 e. The molecule has 1 atom stereocenters. The van der Waals surface area contributed by atoms with Crippen LogP contribution in [0.3, 0.4) is 0 Å². The first-order chi connectivity index (χ1) is 7.86. The first-order valence-electron chi connectivity index (χ1n) is 5.48. The molecule has 2 N–H and O–H groups in total. The van der Waals surface area contributed by atoms with Gasteiger partial charge < -0.3 is 15.4 Å². The van der Waals surface area contributed by atoms with Crippen molar-refractivity contribution in [2.75, 3.05) is 13.7 Å². The van der Waals surface area contributed by atoms with Crippen LogP contribution in [0.2, 0.25) is 0 Å². The summed E-state index contributed by atoms with van der Waals surface area (Å²) in [5.41, 5.74) is 0. The Hall–Kier alpha value is -1.59. The van der Waals surface area contributed by atoms with Gasteiger partial charge in [0, 0.05) is 6.92 Å². The highest BCUT2D eigenvalue weighted by molar-refractivity contribution is 5.89. The van der Waals surface area contributed by atoms with Crippen molar-refractivity contribution < 1.29 is 19.1 Å². The fraction of sp³-hybridized carbons (Fsp3) is 0.727. The lowest BCUT2D eigenvalue weighted by Gasteiger charge is -2.18. The minimum Gasteiger partial charge on any atom is -0.468 e. The molecule has 0 aliphatic heterocycles. The number of rotatable bonds is 6. The summed E-state index contributed by atoms with van der Waals surface area (Å²) in [6.45, 7) is 5.05. The third-order valence-corrected chi connectivity index (χ3v) is 2.04. The minimum absolute atomic E-state index is 0.191. The molecule has 0 bridgehead atoms. The molecule has 98 valence electrons. The largest absolute Gasteiger partial charge is 0.468 e. The summed E-state index contributed by atoms with van der Waals surface area (Å²) in [6, 6.07) is -0.614. The highest BCUT2D eigenvalue weighted by Gasteiger charge is 2.20. The predicted molar refractivity (Wildman–Crippen MR) is 62.1 cm³/mol. The number of hydrogen-bond acceptors (Lipinski definition) is 4. The van der Waals surface area contributed by atoms with Crippen molar-refractivity contribution >= 4 is 17.8 Å². The van der Waals surface area contributed by atoms with Crippen LogP contribution in [0.5, 0.6) is 0 Å². The lowest BCUT2D eigenvalue weighted by molar-refractivity contribution is -0.141. The van der Waals surface area contributed by atoms with Gasteiger partial charge >= 0.3 is 5.97 Å². The lowest BCUT2D eigenvalue weighted by Crippen LogP contribution is -2.48. The third kappa shape index (κ3) is 7.32. The van der Waals surface area contributed by atoms with Gasteiger partial charge in [-0.25, -0.2) is 0 Å². The quantitative estimate of drug-likeness (QED) is 0.635. The van der Waals surface area contributed by atoms with E-state index < -0.39 is 12.0 Å². The molecule has 0 fully saturated rings. The Balaban J connectivity index is 4.31. The molecular weight excluding hydrogens is 224 g/mol. The van der Waals surface area contributed by atoms with Gasteiger partial charge in [0.15, 0.2) is 0 Å². The average molecular weight is 244 g/mol. The van der Waals surface area contributed by atoms with E-state index in [4.69, 9.17) is 0 Å². The molecule has 17 heavy (non-hydrogen) atoms. The molecule has 0 spiro atoms. The summed E-state index contributed by atoms with van der Waals surface area (Å²) in [7, 11) is 1.24. The van der Waals surface area contributed by atoms with Crippen molar-refractivity contribution in [1.29, 1.82) is 0 Å². The molecule has 0 saturated carbocycles. The van der Waals surface area contributed by atoms with Crippen LogP contribution in [0.1, 0.15) is 27.2 Å². The number of nitrogens with one attached hydrogen (secondary N) is 2. The predicted octanol–water partition coefficient (Wildman–Crippen LogP) is -0.174. The van der Waals surface area contributed by atoms with Gasteiger partial charge in [0.05, 0.1) is 7.11 Å². The second-order valence-corrected chi connectivity index (χ2v) is 4.18. The van der Waals surface area contributed by atoms with Gasteiger partial charge in [0.2, 0.25) is 11.8 Å². The Bertz CT molecular complexity index is 289. The minimum atomic E-state index is -0.614. The third-order valence-electron chi connectivity index (χ3n) is 2.04. The van der Waals surface area contributed by atoms with E-state index in [2.05, 4.69) is 15.4 Å². The molecule has 0 saturated heterocycles. The maximum Gasteiger partial charge on any atom is 0.325 e. The maximum absolute atomic E-state index is 11.7. The van der Waals surface area contributed by atoms with Gasteiger partial charge in [0.1, 0.15) is 12.6 Å². The Labute approximate surface area is 101 Å². The highest BCUT2D eigenvalue weighted by Crippen LogP contribution is 2.04.